The van der Waals surface area contributed by atoms with E-state index in [-0.39, 0.29) is 0 Å². The van der Waals surface area contributed by atoms with E-state index in [1.807, 2.05) is 47.7 Å². The summed E-state index contributed by atoms with van der Waals surface area (Å²) in [4.78, 5) is 0. The van der Waals surface area contributed by atoms with Crippen LogP contribution < -0.4 is 15.2 Å². The Bertz CT molecular complexity index is 782. The van der Waals surface area contributed by atoms with E-state index in [0.29, 0.717) is 29.5 Å². The van der Waals surface area contributed by atoms with Gasteiger partial charge in [0.2, 0.25) is 0 Å². The predicted molar refractivity (Wildman–Crippen MR) is 79.5 cm³/mol. The molecule has 2 N–H and O–H groups in total. The van der Waals surface area contributed by atoms with E-state index in [4.69, 9.17) is 15.2 Å². The summed E-state index contributed by atoms with van der Waals surface area (Å²) in [6.07, 6.45) is 0. The van der Waals surface area contributed by atoms with Gasteiger partial charge < -0.3 is 15.2 Å². The zero-order chi connectivity index (χ0) is 14.8. The van der Waals surface area contributed by atoms with Crippen molar-refractivity contribution >= 4 is 11.3 Å². The second-order valence-electron chi connectivity index (χ2n) is 4.67. The fourth-order valence-electron chi connectivity index (χ4n) is 2.17. The molecule has 0 saturated carbocycles. The Morgan fingerprint density at radius 2 is 1.95 bits per heavy atom. The van der Waals surface area contributed by atoms with Crippen molar-refractivity contribution in [2.75, 3.05) is 12.8 Å². The van der Waals surface area contributed by atoms with Gasteiger partial charge in [-0.05, 0) is 31.2 Å². The fraction of sp³-hybridized carbons (Fsp3) is 0.200. The van der Waals surface area contributed by atoms with Crippen molar-refractivity contribution in [2.24, 2.45) is 0 Å². The minimum absolute atomic E-state index is 0.304. The Morgan fingerprint density at radius 1 is 1.14 bits per heavy atom. The SMILES string of the molecule is COc1cccc(OCc2nnc3c(N)ccc(C)n23)c1. The van der Waals surface area contributed by atoms with E-state index in [1.54, 1.807) is 7.11 Å². The third kappa shape index (κ3) is 2.47. The van der Waals surface area contributed by atoms with Gasteiger partial charge in [0, 0.05) is 11.8 Å². The summed E-state index contributed by atoms with van der Waals surface area (Å²) in [5.41, 5.74) is 8.16. The molecule has 1 aromatic carbocycles. The maximum absolute atomic E-state index is 5.90. The molecule has 0 atom stereocenters. The molecule has 0 aliphatic heterocycles. The smallest absolute Gasteiger partial charge is 0.184 e. The molecule has 0 fully saturated rings. The number of nitrogen functional groups attached to an aromatic ring is 1. The van der Waals surface area contributed by atoms with Crippen molar-refractivity contribution in [3.05, 3.63) is 47.9 Å². The Morgan fingerprint density at radius 3 is 2.76 bits per heavy atom. The van der Waals surface area contributed by atoms with Gasteiger partial charge in [-0.25, -0.2) is 0 Å². The first-order valence-corrected chi connectivity index (χ1v) is 6.55. The molecule has 108 valence electrons. The summed E-state index contributed by atoms with van der Waals surface area (Å²) in [6.45, 7) is 2.28. The van der Waals surface area contributed by atoms with Gasteiger partial charge in [-0.15, -0.1) is 10.2 Å². The van der Waals surface area contributed by atoms with Crippen LogP contribution in [0.2, 0.25) is 0 Å². The normalized spacial score (nSPS) is 10.8. The number of ether oxygens (including phenoxy) is 2. The summed E-state index contributed by atoms with van der Waals surface area (Å²) >= 11 is 0. The lowest BCUT2D eigenvalue weighted by molar-refractivity contribution is 0.292. The Kier molecular flexibility index (Phi) is 3.35. The minimum atomic E-state index is 0.304. The third-order valence-corrected chi connectivity index (χ3v) is 3.25. The van der Waals surface area contributed by atoms with Crippen LogP contribution in [-0.2, 0) is 6.61 Å². The molecule has 2 aromatic heterocycles. The first kappa shape index (κ1) is 13.2. The van der Waals surface area contributed by atoms with Crippen LogP contribution in [-0.4, -0.2) is 21.7 Å². The van der Waals surface area contributed by atoms with Gasteiger partial charge in [0.1, 0.15) is 18.1 Å². The van der Waals surface area contributed by atoms with E-state index in [0.717, 1.165) is 11.4 Å². The number of nitrogens with two attached hydrogens (primary N) is 1. The summed E-state index contributed by atoms with van der Waals surface area (Å²) in [6, 6.07) is 11.2. The monoisotopic (exact) mass is 284 g/mol. The number of hydrogen-bond acceptors (Lipinski definition) is 5. The molecule has 0 aliphatic carbocycles. The summed E-state index contributed by atoms with van der Waals surface area (Å²) in [5, 5.41) is 8.26. The fourth-order valence-corrected chi connectivity index (χ4v) is 2.17. The highest BCUT2D eigenvalue weighted by Crippen LogP contribution is 2.21. The molecule has 0 spiro atoms. The van der Waals surface area contributed by atoms with Gasteiger partial charge in [0.05, 0.1) is 12.8 Å². The summed E-state index contributed by atoms with van der Waals surface area (Å²) < 4.78 is 12.8. The number of nitrogens with zero attached hydrogens (tertiary/aromatic N) is 3. The van der Waals surface area contributed by atoms with E-state index < -0.39 is 0 Å². The quantitative estimate of drug-likeness (QED) is 0.795. The summed E-state index contributed by atoms with van der Waals surface area (Å²) in [5.74, 6) is 2.17. The second kappa shape index (κ2) is 5.32. The lowest BCUT2D eigenvalue weighted by Gasteiger charge is -2.08. The number of hydrogen-bond donors (Lipinski definition) is 1. The Balaban J connectivity index is 1.87. The highest BCUT2D eigenvalue weighted by Gasteiger charge is 2.10. The standard InChI is InChI=1S/C15H16N4O2/c1-10-6-7-13(16)15-18-17-14(19(10)15)9-21-12-5-3-4-11(8-12)20-2/h3-8H,9,16H2,1-2H3. The minimum Gasteiger partial charge on any atom is -0.497 e. The van der Waals surface area contributed by atoms with Crippen molar-refractivity contribution in [1.82, 2.24) is 14.6 Å². The maximum atomic E-state index is 5.90. The number of aromatic nitrogens is 3. The van der Waals surface area contributed by atoms with E-state index in [1.165, 1.54) is 0 Å². The third-order valence-electron chi connectivity index (χ3n) is 3.25. The van der Waals surface area contributed by atoms with Crippen LogP contribution in [0.3, 0.4) is 0 Å². The van der Waals surface area contributed by atoms with Crippen LogP contribution in [0.5, 0.6) is 11.5 Å². The molecule has 0 unspecified atom stereocenters. The van der Waals surface area contributed by atoms with Gasteiger partial charge in [-0.1, -0.05) is 6.07 Å². The number of anilines is 1. The zero-order valence-corrected chi connectivity index (χ0v) is 11.9. The number of benzene rings is 1. The van der Waals surface area contributed by atoms with Crippen molar-refractivity contribution in [3.63, 3.8) is 0 Å². The van der Waals surface area contributed by atoms with Crippen molar-refractivity contribution in [2.45, 2.75) is 13.5 Å². The number of aryl methyl sites for hydroxylation is 1. The van der Waals surface area contributed by atoms with E-state index in [9.17, 15) is 0 Å². The first-order valence-electron chi connectivity index (χ1n) is 6.55. The molecule has 3 aromatic rings. The topological polar surface area (TPSA) is 74.7 Å². The largest absolute Gasteiger partial charge is 0.497 e. The van der Waals surface area contributed by atoms with Crippen molar-refractivity contribution < 1.29 is 9.47 Å². The molecule has 0 radical (unpaired) electrons. The highest BCUT2D eigenvalue weighted by atomic mass is 16.5. The zero-order valence-electron chi connectivity index (χ0n) is 11.9. The number of pyridine rings is 1. The van der Waals surface area contributed by atoms with Gasteiger partial charge in [0.15, 0.2) is 11.5 Å². The van der Waals surface area contributed by atoms with Gasteiger partial charge >= 0.3 is 0 Å². The first-order chi connectivity index (χ1) is 10.2. The van der Waals surface area contributed by atoms with Gasteiger partial charge in [-0.2, -0.15) is 0 Å². The van der Waals surface area contributed by atoms with Crippen LogP contribution >= 0.6 is 0 Å². The number of fused-ring (bicyclic) bond motifs is 1. The predicted octanol–water partition coefficient (Wildman–Crippen LogP) is 2.21. The molecule has 6 nitrogen and oxygen atoms in total. The number of rotatable bonds is 4. The van der Waals surface area contributed by atoms with Crippen molar-refractivity contribution in [1.29, 1.82) is 0 Å². The Labute approximate surface area is 122 Å². The van der Waals surface area contributed by atoms with Crippen LogP contribution in [0.1, 0.15) is 11.5 Å². The maximum Gasteiger partial charge on any atom is 0.184 e. The molecule has 0 saturated heterocycles. The van der Waals surface area contributed by atoms with Crippen molar-refractivity contribution in [3.8, 4) is 11.5 Å². The average Bonchev–Trinajstić information content (AvgIpc) is 2.94. The molecular weight excluding hydrogens is 268 g/mol. The van der Waals surface area contributed by atoms with E-state index in [2.05, 4.69) is 10.2 Å². The molecular formula is C15H16N4O2. The Hall–Kier alpha value is -2.76. The molecule has 0 aliphatic rings. The molecule has 21 heavy (non-hydrogen) atoms. The average molecular weight is 284 g/mol. The van der Waals surface area contributed by atoms with Crippen LogP contribution in [0.15, 0.2) is 36.4 Å². The molecule has 6 heteroatoms. The van der Waals surface area contributed by atoms with Crippen LogP contribution in [0.25, 0.3) is 5.65 Å². The van der Waals surface area contributed by atoms with Crippen LogP contribution in [0.4, 0.5) is 5.69 Å². The number of methoxy groups -OCH3 is 1. The lowest BCUT2D eigenvalue weighted by Crippen LogP contribution is -2.04. The lowest BCUT2D eigenvalue weighted by atomic mass is 10.3. The van der Waals surface area contributed by atoms with Gasteiger partial charge in [0.25, 0.3) is 0 Å². The second-order valence-corrected chi connectivity index (χ2v) is 4.67. The molecule has 0 bridgehead atoms. The van der Waals surface area contributed by atoms with Gasteiger partial charge in [-0.3, -0.25) is 4.40 Å². The molecule has 3 rings (SSSR count). The summed E-state index contributed by atoms with van der Waals surface area (Å²) in [7, 11) is 1.62. The molecule has 0 amide bonds. The highest BCUT2D eigenvalue weighted by molar-refractivity contribution is 5.64. The molecule has 2 heterocycles. The van der Waals surface area contributed by atoms with Crippen LogP contribution in [0, 0.1) is 6.92 Å². The van der Waals surface area contributed by atoms with E-state index >= 15 is 0 Å².